The number of rotatable bonds is 3. The number of aromatic nitrogens is 2. The maximum absolute atomic E-state index is 11.7. The molecule has 1 aliphatic rings. The molecular weight excluding hydrogens is 222 g/mol. The van der Waals surface area contributed by atoms with E-state index in [0.29, 0.717) is 6.04 Å². The minimum atomic E-state index is -0.0651. The van der Waals surface area contributed by atoms with Crippen LogP contribution < -0.4 is 5.32 Å². The van der Waals surface area contributed by atoms with Gasteiger partial charge in [0.15, 0.2) is 0 Å². The summed E-state index contributed by atoms with van der Waals surface area (Å²) in [5.41, 5.74) is 0. The van der Waals surface area contributed by atoms with E-state index in [2.05, 4.69) is 17.2 Å². The Bertz CT molecular complexity index is 339. The van der Waals surface area contributed by atoms with Crippen molar-refractivity contribution < 1.29 is 4.79 Å². The molecule has 2 atom stereocenters. The van der Waals surface area contributed by atoms with Gasteiger partial charge in [-0.3, -0.25) is 4.57 Å². The molecule has 0 aliphatic heterocycles. The Hall–Kier alpha value is -0.970. The fraction of sp³-hybridized carbons (Fsp3) is 0.636. The number of hydrogen-bond donors (Lipinski definition) is 1. The summed E-state index contributed by atoms with van der Waals surface area (Å²) in [5.74, 6) is 1.16. The molecule has 1 fully saturated rings. The molecule has 1 saturated carbocycles. The first-order valence-electron chi connectivity index (χ1n) is 5.70. The van der Waals surface area contributed by atoms with Crippen LogP contribution in [0.5, 0.6) is 0 Å². The summed E-state index contributed by atoms with van der Waals surface area (Å²) in [7, 11) is 0. The van der Waals surface area contributed by atoms with Crippen LogP contribution in [0.15, 0.2) is 18.7 Å². The lowest BCUT2D eigenvalue weighted by atomic mass is 10.2. The van der Waals surface area contributed by atoms with Crippen molar-refractivity contribution in [1.82, 2.24) is 14.9 Å². The van der Waals surface area contributed by atoms with Crippen molar-refractivity contribution in [3.05, 3.63) is 18.7 Å². The van der Waals surface area contributed by atoms with Crippen LogP contribution in [-0.2, 0) is 0 Å². The van der Waals surface area contributed by atoms with Gasteiger partial charge in [-0.1, -0.05) is 6.92 Å². The van der Waals surface area contributed by atoms with Crippen molar-refractivity contribution in [3.63, 3.8) is 0 Å². The van der Waals surface area contributed by atoms with E-state index in [0.717, 1.165) is 23.8 Å². The lowest BCUT2D eigenvalue weighted by Gasteiger charge is -2.12. The van der Waals surface area contributed by atoms with Crippen molar-refractivity contribution >= 4 is 17.8 Å². The third-order valence-electron chi connectivity index (χ3n) is 2.85. The maximum atomic E-state index is 11.7. The smallest absolute Gasteiger partial charge is 0.327 e. The van der Waals surface area contributed by atoms with Gasteiger partial charge in [0.2, 0.25) is 0 Å². The average molecular weight is 239 g/mol. The molecule has 5 heteroatoms. The number of carbonyl (C=O) groups excluding carboxylic acids is 1. The molecule has 2 rings (SSSR count). The Morgan fingerprint density at radius 1 is 1.62 bits per heavy atom. The van der Waals surface area contributed by atoms with E-state index in [1.807, 2.05) is 11.8 Å². The fourth-order valence-corrected chi connectivity index (χ4v) is 3.23. The number of carbonyl (C=O) groups is 1. The van der Waals surface area contributed by atoms with Crippen LogP contribution in [0.2, 0.25) is 0 Å². The van der Waals surface area contributed by atoms with E-state index in [4.69, 9.17) is 0 Å². The number of imidazole rings is 1. The zero-order chi connectivity index (χ0) is 11.4. The lowest BCUT2D eigenvalue weighted by molar-refractivity contribution is 0.238. The van der Waals surface area contributed by atoms with Crippen LogP contribution in [0.1, 0.15) is 26.2 Å². The molecule has 1 heterocycles. The van der Waals surface area contributed by atoms with E-state index >= 15 is 0 Å². The van der Waals surface area contributed by atoms with Gasteiger partial charge in [-0.2, -0.15) is 11.8 Å². The second-order valence-electron chi connectivity index (χ2n) is 4.01. The van der Waals surface area contributed by atoms with Crippen LogP contribution >= 0.6 is 11.8 Å². The monoisotopic (exact) mass is 239 g/mol. The highest BCUT2D eigenvalue weighted by atomic mass is 32.2. The fourth-order valence-electron chi connectivity index (χ4n) is 2.09. The SMILES string of the molecule is CCSC1CCC(NC(=O)n2ccnc2)C1. The molecule has 0 aromatic carbocycles. The minimum Gasteiger partial charge on any atom is -0.335 e. The van der Waals surface area contributed by atoms with Crippen LogP contribution in [0.3, 0.4) is 0 Å². The van der Waals surface area contributed by atoms with E-state index in [1.54, 1.807) is 12.4 Å². The summed E-state index contributed by atoms with van der Waals surface area (Å²) in [4.78, 5) is 15.6. The molecule has 0 spiro atoms. The van der Waals surface area contributed by atoms with Crippen molar-refractivity contribution in [3.8, 4) is 0 Å². The summed E-state index contributed by atoms with van der Waals surface area (Å²) in [6.45, 7) is 2.18. The van der Waals surface area contributed by atoms with Gasteiger partial charge in [-0.15, -0.1) is 0 Å². The molecule has 1 aromatic rings. The molecule has 0 bridgehead atoms. The number of nitrogens with zero attached hydrogens (tertiary/aromatic N) is 2. The predicted molar refractivity (Wildman–Crippen MR) is 65.7 cm³/mol. The zero-order valence-corrected chi connectivity index (χ0v) is 10.2. The molecule has 0 saturated heterocycles. The molecular formula is C11H17N3OS. The predicted octanol–water partition coefficient (Wildman–Crippen LogP) is 2.12. The van der Waals surface area contributed by atoms with Crippen molar-refractivity contribution in [1.29, 1.82) is 0 Å². The Kier molecular flexibility index (Phi) is 3.88. The molecule has 1 aliphatic carbocycles. The average Bonchev–Trinajstić information content (AvgIpc) is 2.89. The normalized spacial score (nSPS) is 24.6. The van der Waals surface area contributed by atoms with Gasteiger partial charge < -0.3 is 5.32 Å². The third kappa shape index (κ3) is 2.78. The molecule has 16 heavy (non-hydrogen) atoms. The molecule has 88 valence electrons. The van der Waals surface area contributed by atoms with Crippen molar-refractivity contribution in [2.24, 2.45) is 0 Å². The Labute approximate surface area is 99.8 Å². The maximum Gasteiger partial charge on any atom is 0.327 e. The highest BCUT2D eigenvalue weighted by Crippen LogP contribution is 2.29. The zero-order valence-electron chi connectivity index (χ0n) is 9.43. The first-order valence-corrected chi connectivity index (χ1v) is 6.75. The molecule has 1 N–H and O–H groups in total. The number of nitrogens with one attached hydrogen (secondary N) is 1. The second kappa shape index (κ2) is 5.39. The van der Waals surface area contributed by atoms with E-state index < -0.39 is 0 Å². The standard InChI is InChI=1S/C11H17N3OS/c1-2-16-10-4-3-9(7-10)13-11(15)14-6-5-12-8-14/h5-6,8-10H,2-4,7H2,1H3,(H,13,15). The number of hydrogen-bond acceptors (Lipinski definition) is 3. The summed E-state index contributed by atoms with van der Waals surface area (Å²) < 4.78 is 1.49. The van der Waals surface area contributed by atoms with Gasteiger partial charge in [0.1, 0.15) is 6.33 Å². The highest BCUT2D eigenvalue weighted by Gasteiger charge is 2.25. The summed E-state index contributed by atoms with van der Waals surface area (Å²) in [6, 6.07) is 0.267. The van der Waals surface area contributed by atoms with Gasteiger partial charge in [0.05, 0.1) is 0 Å². The highest BCUT2D eigenvalue weighted by molar-refractivity contribution is 7.99. The molecule has 1 aromatic heterocycles. The Balaban J connectivity index is 1.81. The van der Waals surface area contributed by atoms with Gasteiger partial charge in [-0.25, -0.2) is 9.78 Å². The molecule has 4 nitrogen and oxygen atoms in total. The first-order chi connectivity index (χ1) is 7.79. The Morgan fingerprint density at radius 2 is 2.50 bits per heavy atom. The summed E-state index contributed by atoms with van der Waals surface area (Å²) >= 11 is 2.00. The van der Waals surface area contributed by atoms with Crippen LogP contribution in [0, 0.1) is 0 Å². The van der Waals surface area contributed by atoms with E-state index in [9.17, 15) is 4.79 Å². The Morgan fingerprint density at radius 3 is 3.19 bits per heavy atom. The number of amides is 1. The van der Waals surface area contributed by atoms with Crippen molar-refractivity contribution in [2.75, 3.05) is 5.75 Å². The summed E-state index contributed by atoms with van der Waals surface area (Å²) in [5, 5.41) is 3.76. The van der Waals surface area contributed by atoms with Gasteiger partial charge >= 0.3 is 6.03 Å². The summed E-state index contributed by atoms with van der Waals surface area (Å²) in [6.07, 6.45) is 8.22. The van der Waals surface area contributed by atoms with Gasteiger partial charge in [0, 0.05) is 23.7 Å². The first kappa shape index (κ1) is 11.5. The quantitative estimate of drug-likeness (QED) is 0.879. The molecule has 1 amide bonds. The van der Waals surface area contributed by atoms with E-state index in [-0.39, 0.29) is 6.03 Å². The van der Waals surface area contributed by atoms with Gasteiger partial charge in [0.25, 0.3) is 0 Å². The number of thioether (sulfide) groups is 1. The third-order valence-corrected chi connectivity index (χ3v) is 4.09. The molecule has 2 unspecified atom stereocenters. The second-order valence-corrected chi connectivity index (χ2v) is 5.58. The minimum absolute atomic E-state index is 0.0651. The van der Waals surface area contributed by atoms with Crippen LogP contribution in [-0.4, -0.2) is 32.6 Å². The largest absolute Gasteiger partial charge is 0.335 e. The topological polar surface area (TPSA) is 46.9 Å². The van der Waals surface area contributed by atoms with E-state index in [1.165, 1.54) is 17.3 Å². The van der Waals surface area contributed by atoms with Crippen LogP contribution in [0.4, 0.5) is 4.79 Å². The van der Waals surface area contributed by atoms with Crippen molar-refractivity contribution in [2.45, 2.75) is 37.5 Å². The van der Waals surface area contributed by atoms with Gasteiger partial charge in [-0.05, 0) is 25.0 Å². The lowest BCUT2D eigenvalue weighted by Crippen LogP contribution is -2.35. The molecule has 0 radical (unpaired) electrons. The van der Waals surface area contributed by atoms with Crippen LogP contribution in [0.25, 0.3) is 0 Å².